The molecule has 0 radical (unpaired) electrons. The van der Waals surface area contributed by atoms with E-state index < -0.39 is 0 Å². The molecule has 0 aromatic rings. The molecule has 3 nitrogen and oxygen atoms in total. The SMILES string of the molecule is CCOC(CN)CN(C)C(C)C(C)C. The van der Waals surface area contributed by atoms with Crippen LogP contribution in [-0.2, 0) is 4.74 Å². The largest absolute Gasteiger partial charge is 0.376 e. The summed E-state index contributed by atoms with van der Waals surface area (Å²) in [5.74, 6) is 0.667. The molecule has 0 amide bonds. The molecule has 2 N–H and O–H groups in total. The first-order valence-electron chi connectivity index (χ1n) is 5.54. The van der Waals surface area contributed by atoms with Crippen molar-refractivity contribution in [3.8, 4) is 0 Å². The van der Waals surface area contributed by atoms with E-state index in [0.29, 0.717) is 18.5 Å². The van der Waals surface area contributed by atoms with Crippen LogP contribution in [0.3, 0.4) is 0 Å². The molecule has 0 bridgehead atoms. The third kappa shape index (κ3) is 4.94. The molecule has 0 aromatic heterocycles. The molecule has 0 spiro atoms. The number of nitrogens with two attached hydrogens (primary N) is 1. The highest BCUT2D eigenvalue weighted by atomic mass is 16.5. The molecule has 0 saturated carbocycles. The summed E-state index contributed by atoms with van der Waals surface area (Å²) in [6, 6.07) is 0.574. The number of likely N-dealkylation sites (N-methyl/N-ethyl adjacent to an activating group) is 1. The molecule has 3 heteroatoms. The molecular formula is C11H26N2O. The van der Waals surface area contributed by atoms with E-state index in [1.165, 1.54) is 0 Å². The maximum Gasteiger partial charge on any atom is 0.0823 e. The predicted molar refractivity (Wildman–Crippen MR) is 61.4 cm³/mol. The zero-order valence-electron chi connectivity index (χ0n) is 10.3. The maximum atomic E-state index is 5.63. The lowest BCUT2D eigenvalue weighted by Crippen LogP contribution is -2.42. The fraction of sp³-hybridized carbons (Fsp3) is 1.00. The second-order valence-corrected chi connectivity index (χ2v) is 4.24. The Morgan fingerprint density at radius 3 is 2.21 bits per heavy atom. The van der Waals surface area contributed by atoms with E-state index in [0.717, 1.165) is 13.2 Å². The summed E-state index contributed by atoms with van der Waals surface area (Å²) < 4.78 is 5.53. The van der Waals surface area contributed by atoms with Crippen LogP contribution < -0.4 is 5.73 Å². The molecule has 0 aromatic carbocycles. The Hall–Kier alpha value is -0.120. The Morgan fingerprint density at radius 1 is 1.29 bits per heavy atom. The topological polar surface area (TPSA) is 38.5 Å². The minimum Gasteiger partial charge on any atom is -0.376 e. The highest BCUT2D eigenvalue weighted by Gasteiger charge is 2.16. The van der Waals surface area contributed by atoms with Crippen molar-refractivity contribution in [3.05, 3.63) is 0 Å². The second kappa shape index (κ2) is 7.21. The van der Waals surface area contributed by atoms with E-state index in [1.807, 2.05) is 6.92 Å². The lowest BCUT2D eigenvalue weighted by molar-refractivity contribution is 0.0322. The summed E-state index contributed by atoms with van der Waals surface area (Å²) in [5.41, 5.74) is 5.63. The van der Waals surface area contributed by atoms with Gasteiger partial charge < -0.3 is 15.4 Å². The summed E-state index contributed by atoms with van der Waals surface area (Å²) in [7, 11) is 2.13. The predicted octanol–water partition coefficient (Wildman–Crippen LogP) is 1.33. The monoisotopic (exact) mass is 202 g/mol. The minimum atomic E-state index is 0.172. The number of ether oxygens (including phenoxy) is 1. The van der Waals surface area contributed by atoms with Crippen LogP contribution in [-0.4, -0.2) is 43.8 Å². The standard InChI is InChI=1S/C11H26N2O/c1-6-14-11(7-12)8-13(5)10(4)9(2)3/h9-11H,6-8,12H2,1-5H3. The van der Waals surface area contributed by atoms with Crippen molar-refractivity contribution >= 4 is 0 Å². The molecule has 0 aliphatic carbocycles. The Balaban J connectivity index is 3.94. The van der Waals surface area contributed by atoms with Crippen LogP contribution in [0.4, 0.5) is 0 Å². The van der Waals surface area contributed by atoms with Crippen molar-refractivity contribution in [2.24, 2.45) is 11.7 Å². The van der Waals surface area contributed by atoms with E-state index in [-0.39, 0.29) is 6.10 Å². The van der Waals surface area contributed by atoms with Crippen LogP contribution in [0.1, 0.15) is 27.7 Å². The summed E-state index contributed by atoms with van der Waals surface area (Å²) in [5, 5.41) is 0. The van der Waals surface area contributed by atoms with Crippen LogP contribution >= 0.6 is 0 Å². The first-order valence-corrected chi connectivity index (χ1v) is 5.54. The van der Waals surface area contributed by atoms with E-state index in [4.69, 9.17) is 10.5 Å². The molecule has 0 rings (SSSR count). The van der Waals surface area contributed by atoms with Gasteiger partial charge in [0.15, 0.2) is 0 Å². The van der Waals surface area contributed by atoms with E-state index in [1.54, 1.807) is 0 Å². The zero-order chi connectivity index (χ0) is 11.1. The molecule has 0 heterocycles. The fourth-order valence-electron chi connectivity index (χ4n) is 1.43. The average molecular weight is 202 g/mol. The summed E-state index contributed by atoms with van der Waals surface area (Å²) in [6.45, 7) is 11.0. The third-order valence-corrected chi connectivity index (χ3v) is 2.82. The number of rotatable bonds is 7. The molecule has 0 fully saturated rings. The van der Waals surface area contributed by atoms with Crippen molar-refractivity contribution in [1.82, 2.24) is 4.90 Å². The number of nitrogens with zero attached hydrogens (tertiary/aromatic N) is 1. The van der Waals surface area contributed by atoms with Gasteiger partial charge in [-0.15, -0.1) is 0 Å². The van der Waals surface area contributed by atoms with Crippen molar-refractivity contribution in [1.29, 1.82) is 0 Å². The second-order valence-electron chi connectivity index (χ2n) is 4.24. The highest BCUT2D eigenvalue weighted by Crippen LogP contribution is 2.08. The van der Waals surface area contributed by atoms with Crippen LogP contribution in [0.2, 0.25) is 0 Å². The molecule has 2 atom stereocenters. The van der Waals surface area contributed by atoms with Crippen LogP contribution in [0.5, 0.6) is 0 Å². The van der Waals surface area contributed by atoms with Gasteiger partial charge in [-0.05, 0) is 26.8 Å². The fourth-order valence-corrected chi connectivity index (χ4v) is 1.43. The smallest absolute Gasteiger partial charge is 0.0823 e. The zero-order valence-corrected chi connectivity index (χ0v) is 10.3. The number of hydrogen-bond donors (Lipinski definition) is 1. The summed E-state index contributed by atoms with van der Waals surface area (Å²) in [4.78, 5) is 2.32. The third-order valence-electron chi connectivity index (χ3n) is 2.82. The minimum absolute atomic E-state index is 0.172. The van der Waals surface area contributed by atoms with Gasteiger partial charge in [-0.3, -0.25) is 0 Å². The molecular weight excluding hydrogens is 176 g/mol. The summed E-state index contributed by atoms with van der Waals surface area (Å²) >= 11 is 0. The molecule has 0 aliphatic heterocycles. The summed E-state index contributed by atoms with van der Waals surface area (Å²) in [6.07, 6.45) is 0.172. The molecule has 2 unspecified atom stereocenters. The lowest BCUT2D eigenvalue weighted by atomic mass is 10.1. The molecule has 0 aliphatic rings. The van der Waals surface area contributed by atoms with Gasteiger partial charge in [0.2, 0.25) is 0 Å². The Morgan fingerprint density at radius 2 is 1.86 bits per heavy atom. The van der Waals surface area contributed by atoms with Crippen LogP contribution in [0, 0.1) is 5.92 Å². The van der Waals surface area contributed by atoms with Crippen molar-refractivity contribution in [2.75, 3.05) is 26.7 Å². The van der Waals surface area contributed by atoms with Gasteiger partial charge in [-0.2, -0.15) is 0 Å². The van der Waals surface area contributed by atoms with Gasteiger partial charge >= 0.3 is 0 Å². The normalized spacial score (nSPS) is 16.3. The first kappa shape index (κ1) is 13.9. The Kier molecular flexibility index (Phi) is 7.15. The molecule has 0 saturated heterocycles. The van der Waals surface area contributed by atoms with Crippen molar-refractivity contribution in [3.63, 3.8) is 0 Å². The van der Waals surface area contributed by atoms with E-state index in [9.17, 15) is 0 Å². The van der Waals surface area contributed by atoms with Crippen LogP contribution in [0.25, 0.3) is 0 Å². The maximum absolute atomic E-state index is 5.63. The van der Waals surface area contributed by atoms with Crippen LogP contribution in [0.15, 0.2) is 0 Å². The van der Waals surface area contributed by atoms with Gasteiger partial charge in [-0.1, -0.05) is 13.8 Å². The molecule has 14 heavy (non-hydrogen) atoms. The van der Waals surface area contributed by atoms with E-state index in [2.05, 4.69) is 32.7 Å². The Labute approximate surface area is 88.6 Å². The van der Waals surface area contributed by atoms with E-state index >= 15 is 0 Å². The van der Waals surface area contributed by atoms with Gasteiger partial charge in [0, 0.05) is 25.7 Å². The quantitative estimate of drug-likeness (QED) is 0.677. The number of hydrogen-bond acceptors (Lipinski definition) is 3. The highest BCUT2D eigenvalue weighted by molar-refractivity contribution is 4.71. The molecule has 86 valence electrons. The first-order chi connectivity index (χ1) is 6.52. The van der Waals surface area contributed by atoms with Crippen molar-refractivity contribution < 1.29 is 4.74 Å². The Bertz CT molecular complexity index is 139. The van der Waals surface area contributed by atoms with Crippen molar-refractivity contribution in [2.45, 2.75) is 39.8 Å². The van der Waals surface area contributed by atoms with Gasteiger partial charge in [0.25, 0.3) is 0 Å². The van der Waals surface area contributed by atoms with Gasteiger partial charge in [-0.25, -0.2) is 0 Å². The van der Waals surface area contributed by atoms with Gasteiger partial charge in [0.05, 0.1) is 6.10 Å². The average Bonchev–Trinajstić information content (AvgIpc) is 2.15. The van der Waals surface area contributed by atoms with Gasteiger partial charge in [0.1, 0.15) is 0 Å². The lowest BCUT2D eigenvalue weighted by Gasteiger charge is -2.30.